The number of hydrogen-bond donors (Lipinski definition) is 0. The molecule has 0 aliphatic rings. The summed E-state index contributed by atoms with van der Waals surface area (Å²) in [4.78, 5) is 0. The molecule has 0 radical (unpaired) electrons. The Morgan fingerprint density at radius 2 is 0.400 bits per heavy atom. The molecule has 8 heteroatoms. The summed E-state index contributed by atoms with van der Waals surface area (Å²) in [5, 5.41) is 18.0. The molecule has 16 aromatic carbocycles. The molecule has 0 aromatic heterocycles. The second-order valence-corrected chi connectivity index (χ2v) is 25.3. The summed E-state index contributed by atoms with van der Waals surface area (Å²) < 4.78 is 49.7. The Morgan fingerprint density at radius 3 is 0.660 bits per heavy atom. The van der Waals surface area contributed by atoms with Gasteiger partial charge < -0.3 is 37.9 Å². The monoisotopic (exact) mass is 1310 g/mol. The van der Waals surface area contributed by atoms with Gasteiger partial charge in [-0.3, -0.25) is 0 Å². The summed E-state index contributed by atoms with van der Waals surface area (Å²) >= 11 is 0. The molecule has 490 valence electrons. The number of rotatable bonds is 23. The van der Waals surface area contributed by atoms with E-state index in [0.29, 0.717) is 75.9 Å². The van der Waals surface area contributed by atoms with Gasteiger partial charge in [0.15, 0.2) is 0 Å². The van der Waals surface area contributed by atoms with Gasteiger partial charge in [-0.1, -0.05) is 231 Å². The van der Waals surface area contributed by atoms with Crippen molar-refractivity contribution in [3.8, 4) is 101 Å². The fraction of sp³-hybridized carbons (Fsp3) is 0.130. The normalized spacial score (nSPS) is 11.7. The fourth-order valence-electron chi connectivity index (χ4n) is 15.1. The summed E-state index contributed by atoms with van der Waals surface area (Å²) in [5.74, 6) is 2.83. The van der Waals surface area contributed by atoms with Crippen LogP contribution in [0.15, 0.2) is 279 Å². The topological polar surface area (TPSA) is 73.8 Å². The first-order valence-corrected chi connectivity index (χ1v) is 34.2. The van der Waals surface area contributed by atoms with E-state index in [1.165, 1.54) is 0 Å². The van der Waals surface area contributed by atoms with E-state index in [1.807, 2.05) is 0 Å². The standard InChI is InChI=1S/C92H74O8/c1-93-43-47-97-83-57-85(99-49-45-95-3)81(55-79(83)89-67-31-9-5-23-61(67)53-62-24-6-10-32-68(62)89)91-75-39-17-13-35-71(75)87(72-36-14-18-40-76(72)91)65-29-21-27-59(51-65)60-28-22-30-66(52-60)88-73-37-15-19-41-77(73)92(78-42-20-16-38-74(78)88)82-56-80(84(98-48-44-94-2)58-86(82)100-50-46-96-4)90-69-33-11-7-25-63(69)54-64-26-8-12-34-70(64)90/h5-42,51-58H,43-50H2,1-4H3. The van der Waals surface area contributed by atoms with Crippen molar-refractivity contribution in [1.82, 2.24) is 0 Å². The van der Waals surface area contributed by atoms with E-state index >= 15 is 0 Å². The van der Waals surface area contributed by atoms with E-state index in [4.69, 9.17) is 37.9 Å². The lowest BCUT2D eigenvalue weighted by atomic mass is 9.83. The second-order valence-electron chi connectivity index (χ2n) is 25.3. The molecular weight excluding hydrogens is 1230 g/mol. The average Bonchev–Trinajstić information content (AvgIpc) is 0.736. The van der Waals surface area contributed by atoms with Crippen LogP contribution in [0, 0.1) is 0 Å². The lowest BCUT2D eigenvalue weighted by Crippen LogP contribution is -2.08. The molecule has 0 unspecified atom stereocenters. The molecule has 0 bridgehead atoms. The smallest absolute Gasteiger partial charge is 0.131 e. The Kier molecular flexibility index (Phi) is 17.9. The SMILES string of the molecule is COCCOc1cc(OCCOC)c(-c2c3ccccc3c(-c3cccc(-c4cccc(-c5c6ccccc6c(-c6cc(-c7c8ccccc8cc8ccccc78)c(OCCOC)cc6OCCOC)c6ccccc56)c4)c3)c3ccccc23)cc1-c1c2ccccc2cc2ccccc12. The zero-order chi connectivity index (χ0) is 67.5. The Labute approximate surface area is 582 Å². The van der Waals surface area contributed by atoms with Gasteiger partial charge in [-0.2, -0.15) is 0 Å². The van der Waals surface area contributed by atoms with Crippen LogP contribution in [0.2, 0.25) is 0 Å². The molecule has 0 N–H and O–H groups in total. The predicted octanol–water partition coefficient (Wildman–Crippen LogP) is 22.7. The van der Waals surface area contributed by atoms with Crippen molar-refractivity contribution in [1.29, 1.82) is 0 Å². The molecule has 16 aromatic rings. The molecule has 0 fully saturated rings. The number of hydrogen-bond acceptors (Lipinski definition) is 8. The maximum Gasteiger partial charge on any atom is 0.131 e. The third kappa shape index (κ3) is 11.7. The van der Waals surface area contributed by atoms with E-state index < -0.39 is 0 Å². The number of benzene rings is 16. The predicted molar refractivity (Wildman–Crippen MR) is 414 cm³/mol. The zero-order valence-corrected chi connectivity index (χ0v) is 56.5. The highest BCUT2D eigenvalue weighted by Gasteiger charge is 2.27. The van der Waals surface area contributed by atoms with Gasteiger partial charge in [0.2, 0.25) is 0 Å². The quantitative estimate of drug-likeness (QED) is 0.0463. The van der Waals surface area contributed by atoms with Crippen LogP contribution in [0.25, 0.3) is 164 Å². The maximum atomic E-state index is 6.87. The summed E-state index contributed by atoms with van der Waals surface area (Å²) in [7, 11) is 6.81. The fourth-order valence-corrected chi connectivity index (χ4v) is 15.1. The molecule has 0 saturated heterocycles. The summed E-state index contributed by atoms with van der Waals surface area (Å²) in [6.07, 6.45) is 0. The number of methoxy groups -OCH3 is 4. The molecule has 0 amide bonds. The van der Waals surface area contributed by atoms with Crippen LogP contribution in [0.3, 0.4) is 0 Å². The number of ether oxygens (including phenoxy) is 8. The Bertz CT molecular complexity index is 5200. The second kappa shape index (κ2) is 28.2. The van der Waals surface area contributed by atoms with Gasteiger partial charge in [0, 0.05) is 85.1 Å². The lowest BCUT2D eigenvalue weighted by molar-refractivity contribution is 0.143. The molecular formula is C92H74O8. The first kappa shape index (κ1) is 63.4. The van der Waals surface area contributed by atoms with Crippen molar-refractivity contribution in [2.45, 2.75) is 0 Å². The van der Waals surface area contributed by atoms with E-state index in [0.717, 1.165) is 164 Å². The summed E-state index contributed by atoms with van der Waals surface area (Å²) in [5.41, 5.74) is 14.9. The Balaban J connectivity index is 0.859. The zero-order valence-electron chi connectivity index (χ0n) is 56.5. The molecule has 0 saturated carbocycles. The van der Waals surface area contributed by atoms with Gasteiger partial charge in [0.05, 0.1) is 26.4 Å². The van der Waals surface area contributed by atoms with Crippen LogP contribution in [-0.2, 0) is 18.9 Å². The van der Waals surface area contributed by atoms with E-state index in [2.05, 4.69) is 279 Å². The Hall–Kier alpha value is -11.4. The van der Waals surface area contributed by atoms with Gasteiger partial charge in [-0.15, -0.1) is 0 Å². The molecule has 0 atom stereocenters. The molecule has 100 heavy (non-hydrogen) atoms. The van der Waals surface area contributed by atoms with Crippen LogP contribution in [0.1, 0.15) is 0 Å². The molecule has 0 aliphatic heterocycles. The van der Waals surface area contributed by atoms with Crippen LogP contribution in [0.4, 0.5) is 0 Å². The maximum absolute atomic E-state index is 6.87. The van der Waals surface area contributed by atoms with Gasteiger partial charge in [-0.25, -0.2) is 0 Å². The third-order valence-electron chi connectivity index (χ3n) is 19.5. The highest BCUT2D eigenvalue weighted by molar-refractivity contribution is 6.25. The van der Waals surface area contributed by atoms with Crippen molar-refractivity contribution >= 4 is 86.2 Å². The molecule has 16 rings (SSSR count). The summed E-state index contributed by atoms with van der Waals surface area (Å²) in [6, 6.07) is 101. The molecule has 8 nitrogen and oxygen atoms in total. The minimum Gasteiger partial charge on any atom is -0.490 e. The van der Waals surface area contributed by atoms with Crippen LogP contribution < -0.4 is 18.9 Å². The van der Waals surface area contributed by atoms with Crippen molar-refractivity contribution in [3.63, 3.8) is 0 Å². The highest BCUT2D eigenvalue weighted by Crippen LogP contribution is 2.54. The van der Waals surface area contributed by atoms with Gasteiger partial charge in [0.1, 0.15) is 49.4 Å². The third-order valence-corrected chi connectivity index (χ3v) is 19.5. The molecule has 0 heterocycles. The first-order chi connectivity index (χ1) is 49.5. The number of fused-ring (bicyclic) bond motifs is 8. The van der Waals surface area contributed by atoms with Crippen molar-refractivity contribution in [2.24, 2.45) is 0 Å². The Morgan fingerprint density at radius 1 is 0.180 bits per heavy atom. The van der Waals surface area contributed by atoms with E-state index in [9.17, 15) is 0 Å². The van der Waals surface area contributed by atoms with Gasteiger partial charge >= 0.3 is 0 Å². The van der Waals surface area contributed by atoms with Crippen LogP contribution in [-0.4, -0.2) is 81.3 Å². The van der Waals surface area contributed by atoms with Crippen molar-refractivity contribution in [3.05, 3.63) is 279 Å². The first-order valence-electron chi connectivity index (χ1n) is 34.2. The summed E-state index contributed by atoms with van der Waals surface area (Å²) in [6.45, 7) is 3.08. The minimum absolute atomic E-state index is 0.343. The van der Waals surface area contributed by atoms with Crippen LogP contribution >= 0.6 is 0 Å². The lowest BCUT2D eigenvalue weighted by Gasteiger charge is -2.23. The van der Waals surface area contributed by atoms with Crippen molar-refractivity contribution < 1.29 is 37.9 Å². The van der Waals surface area contributed by atoms with E-state index in [1.54, 1.807) is 28.4 Å². The van der Waals surface area contributed by atoms with Gasteiger partial charge in [0.25, 0.3) is 0 Å². The van der Waals surface area contributed by atoms with E-state index in [-0.39, 0.29) is 0 Å². The average molecular weight is 1310 g/mol. The van der Waals surface area contributed by atoms with Crippen LogP contribution in [0.5, 0.6) is 23.0 Å². The van der Waals surface area contributed by atoms with Gasteiger partial charge in [-0.05, 0) is 156 Å². The highest BCUT2D eigenvalue weighted by atomic mass is 16.5. The minimum atomic E-state index is 0.343. The largest absolute Gasteiger partial charge is 0.490 e. The van der Waals surface area contributed by atoms with Crippen molar-refractivity contribution in [2.75, 3.05) is 81.3 Å². The molecule has 0 spiro atoms. The molecule has 0 aliphatic carbocycles.